The SMILES string of the molecule is O=C(Nc1ccc2[nH]ncc2c1)c1ccc(NC2CC2)c([N+](=O)[O-])c1. The van der Waals surface area contributed by atoms with Gasteiger partial charge >= 0.3 is 0 Å². The Morgan fingerprint density at radius 1 is 1.24 bits per heavy atom. The summed E-state index contributed by atoms with van der Waals surface area (Å²) in [6.07, 6.45) is 3.68. The molecule has 1 aromatic heterocycles. The third kappa shape index (κ3) is 3.14. The summed E-state index contributed by atoms with van der Waals surface area (Å²) in [5.41, 5.74) is 2.06. The number of nitrogens with one attached hydrogen (secondary N) is 3. The third-order valence-corrected chi connectivity index (χ3v) is 4.09. The molecule has 25 heavy (non-hydrogen) atoms. The number of carbonyl (C=O) groups is 1. The minimum Gasteiger partial charge on any atom is -0.377 e. The second-order valence-corrected chi connectivity index (χ2v) is 6.03. The zero-order valence-electron chi connectivity index (χ0n) is 13.2. The lowest BCUT2D eigenvalue weighted by molar-refractivity contribution is -0.384. The zero-order valence-corrected chi connectivity index (χ0v) is 13.2. The Morgan fingerprint density at radius 2 is 2.08 bits per heavy atom. The molecule has 0 unspecified atom stereocenters. The van der Waals surface area contributed by atoms with Gasteiger partial charge in [-0.1, -0.05) is 0 Å². The van der Waals surface area contributed by atoms with E-state index in [1.54, 1.807) is 30.5 Å². The van der Waals surface area contributed by atoms with Crippen LogP contribution < -0.4 is 10.6 Å². The van der Waals surface area contributed by atoms with Gasteiger partial charge in [-0.3, -0.25) is 20.0 Å². The Bertz CT molecular complexity index is 977. The predicted molar refractivity (Wildman–Crippen MR) is 93.8 cm³/mol. The van der Waals surface area contributed by atoms with Gasteiger partial charge in [0.25, 0.3) is 11.6 Å². The van der Waals surface area contributed by atoms with E-state index in [0.29, 0.717) is 17.4 Å². The van der Waals surface area contributed by atoms with Crippen molar-refractivity contribution in [1.82, 2.24) is 10.2 Å². The fourth-order valence-corrected chi connectivity index (χ4v) is 2.62. The van der Waals surface area contributed by atoms with Crippen molar-refractivity contribution in [3.8, 4) is 0 Å². The maximum atomic E-state index is 12.4. The Kier molecular flexibility index (Phi) is 3.57. The molecule has 0 atom stereocenters. The lowest BCUT2D eigenvalue weighted by Gasteiger charge is -2.09. The predicted octanol–water partition coefficient (Wildman–Crippen LogP) is 3.30. The van der Waals surface area contributed by atoms with E-state index in [-0.39, 0.29) is 11.3 Å². The lowest BCUT2D eigenvalue weighted by Crippen LogP contribution is -2.13. The van der Waals surface area contributed by atoms with Crippen molar-refractivity contribution in [3.05, 3.63) is 58.3 Å². The zero-order chi connectivity index (χ0) is 17.4. The number of rotatable bonds is 5. The second-order valence-electron chi connectivity index (χ2n) is 6.03. The summed E-state index contributed by atoms with van der Waals surface area (Å²) in [4.78, 5) is 23.3. The van der Waals surface area contributed by atoms with Crippen LogP contribution in [-0.2, 0) is 0 Å². The first-order chi connectivity index (χ1) is 12.1. The highest BCUT2D eigenvalue weighted by molar-refractivity contribution is 6.05. The monoisotopic (exact) mass is 337 g/mol. The molecule has 3 aromatic rings. The standard InChI is InChI=1S/C17H15N5O3/c23-17(20-13-4-6-14-11(7-13)9-18-21-14)10-1-5-15(19-12-2-3-12)16(8-10)22(24)25/h1,4-9,12,19H,2-3H2,(H,18,21)(H,20,23). The summed E-state index contributed by atoms with van der Waals surface area (Å²) in [5.74, 6) is -0.399. The molecule has 1 aliphatic rings. The van der Waals surface area contributed by atoms with Gasteiger partial charge in [-0.05, 0) is 43.2 Å². The van der Waals surface area contributed by atoms with E-state index in [9.17, 15) is 14.9 Å². The molecule has 8 heteroatoms. The first kappa shape index (κ1) is 15.1. The number of fused-ring (bicyclic) bond motifs is 1. The van der Waals surface area contributed by atoms with Crippen molar-refractivity contribution in [2.45, 2.75) is 18.9 Å². The topological polar surface area (TPSA) is 113 Å². The summed E-state index contributed by atoms with van der Waals surface area (Å²) >= 11 is 0. The van der Waals surface area contributed by atoms with E-state index in [2.05, 4.69) is 20.8 Å². The van der Waals surface area contributed by atoms with Crippen LogP contribution in [0.1, 0.15) is 23.2 Å². The number of carbonyl (C=O) groups excluding carboxylic acids is 1. The maximum absolute atomic E-state index is 12.4. The average Bonchev–Trinajstić information content (AvgIpc) is 3.29. The van der Waals surface area contributed by atoms with Crippen molar-refractivity contribution >= 4 is 33.9 Å². The molecule has 1 saturated carbocycles. The Balaban J connectivity index is 1.58. The number of hydrogen-bond donors (Lipinski definition) is 3. The molecule has 2 aromatic carbocycles. The number of benzene rings is 2. The summed E-state index contributed by atoms with van der Waals surface area (Å²) < 4.78 is 0. The number of nitro benzene ring substituents is 1. The van der Waals surface area contributed by atoms with Crippen LogP contribution in [0.15, 0.2) is 42.6 Å². The highest BCUT2D eigenvalue weighted by Crippen LogP contribution is 2.31. The van der Waals surface area contributed by atoms with E-state index in [1.807, 2.05) is 6.07 Å². The number of nitro groups is 1. The van der Waals surface area contributed by atoms with Crippen LogP contribution in [-0.4, -0.2) is 27.1 Å². The molecule has 0 bridgehead atoms. The summed E-state index contributed by atoms with van der Waals surface area (Å²) in [6, 6.07) is 10.1. The molecule has 4 rings (SSSR count). The number of amides is 1. The van der Waals surface area contributed by atoms with Crippen molar-refractivity contribution in [2.75, 3.05) is 10.6 Å². The van der Waals surface area contributed by atoms with Gasteiger partial charge in [0.05, 0.1) is 16.6 Å². The third-order valence-electron chi connectivity index (χ3n) is 4.09. The van der Waals surface area contributed by atoms with Gasteiger partial charge in [0.15, 0.2) is 0 Å². The van der Waals surface area contributed by atoms with Crippen LogP contribution in [0.2, 0.25) is 0 Å². The lowest BCUT2D eigenvalue weighted by atomic mass is 10.1. The minimum absolute atomic E-state index is 0.0927. The molecule has 1 amide bonds. The van der Waals surface area contributed by atoms with Gasteiger partial charge in [0.2, 0.25) is 0 Å². The van der Waals surface area contributed by atoms with E-state index < -0.39 is 10.8 Å². The van der Waals surface area contributed by atoms with Crippen molar-refractivity contribution in [2.24, 2.45) is 0 Å². The Morgan fingerprint density at radius 3 is 2.84 bits per heavy atom. The number of aromatic amines is 1. The Hall–Kier alpha value is -3.42. The summed E-state index contributed by atoms with van der Waals surface area (Å²) in [6.45, 7) is 0. The molecule has 0 saturated heterocycles. The van der Waals surface area contributed by atoms with E-state index in [1.165, 1.54) is 6.07 Å². The van der Waals surface area contributed by atoms with Crippen molar-refractivity contribution in [3.63, 3.8) is 0 Å². The van der Waals surface area contributed by atoms with E-state index >= 15 is 0 Å². The molecule has 1 heterocycles. The first-order valence-corrected chi connectivity index (χ1v) is 7.89. The molecule has 0 radical (unpaired) electrons. The maximum Gasteiger partial charge on any atom is 0.293 e. The van der Waals surface area contributed by atoms with Crippen LogP contribution >= 0.6 is 0 Å². The Labute approximate surface area is 142 Å². The largest absolute Gasteiger partial charge is 0.377 e. The van der Waals surface area contributed by atoms with Gasteiger partial charge in [0.1, 0.15) is 5.69 Å². The summed E-state index contributed by atoms with van der Waals surface area (Å²) in [7, 11) is 0. The fourth-order valence-electron chi connectivity index (χ4n) is 2.62. The number of H-pyrrole nitrogens is 1. The molecule has 3 N–H and O–H groups in total. The molecule has 126 valence electrons. The second kappa shape index (κ2) is 5.90. The van der Waals surface area contributed by atoms with Crippen molar-refractivity contribution in [1.29, 1.82) is 0 Å². The molecule has 1 aliphatic carbocycles. The fraction of sp³-hybridized carbons (Fsp3) is 0.176. The van der Waals surface area contributed by atoms with Gasteiger partial charge in [0, 0.05) is 28.7 Å². The average molecular weight is 337 g/mol. The summed E-state index contributed by atoms with van der Waals surface area (Å²) in [5, 5.41) is 24.8. The number of aromatic nitrogens is 2. The van der Waals surface area contributed by atoms with Gasteiger partial charge in [-0.2, -0.15) is 5.10 Å². The molecular formula is C17H15N5O3. The van der Waals surface area contributed by atoms with Crippen LogP contribution in [0.4, 0.5) is 17.1 Å². The molecule has 0 spiro atoms. The highest BCUT2D eigenvalue weighted by atomic mass is 16.6. The number of nitrogens with zero attached hydrogens (tertiary/aromatic N) is 2. The molecular weight excluding hydrogens is 322 g/mol. The van der Waals surface area contributed by atoms with Crippen LogP contribution in [0, 0.1) is 10.1 Å². The van der Waals surface area contributed by atoms with Crippen LogP contribution in [0.5, 0.6) is 0 Å². The highest BCUT2D eigenvalue weighted by Gasteiger charge is 2.25. The normalized spacial score (nSPS) is 13.6. The molecule has 8 nitrogen and oxygen atoms in total. The first-order valence-electron chi connectivity index (χ1n) is 7.89. The minimum atomic E-state index is -0.473. The number of anilines is 2. The van der Waals surface area contributed by atoms with Gasteiger partial charge < -0.3 is 10.6 Å². The quantitative estimate of drug-likeness (QED) is 0.488. The smallest absolute Gasteiger partial charge is 0.293 e. The van der Waals surface area contributed by atoms with Crippen LogP contribution in [0.25, 0.3) is 10.9 Å². The van der Waals surface area contributed by atoms with Crippen LogP contribution in [0.3, 0.4) is 0 Å². The van der Waals surface area contributed by atoms with Gasteiger partial charge in [-0.15, -0.1) is 0 Å². The van der Waals surface area contributed by atoms with Crippen molar-refractivity contribution < 1.29 is 9.72 Å². The number of hydrogen-bond acceptors (Lipinski definition) is 5. The van der Waals surface area contributed by atoms with Gasteiger partial charge in [-0.25, -0.2) is 0 Å². The van der Waals surface area contributed by atoms with E-state index in [0.717, 1.165) is 23.7 Å². The molecule has 1 fully saturated rings. The molecule has 0 aliphatic heterocycles. The van der Waals surface area contributed by atoms with E-state index in [4.69, 9.17) is 0 Å².